The van der Waals surface area contributed by atoms with Crippen molar-refractivity contribution in [2.45, 2.75) is 19.3 Å². The second kappa shape index (κ2) is 6.76. The SMILES string of the molecule is COc1ccc(CC(=N)N2CC(C)c3c2ccc2c(Br)cccc32)cc1. The molecule has 0 amide bonds. The molecule has 3 aromatic carbocycles. The Balaban J connectivity index is 1.66. The van der Waals surface area contributed by atoms with E-state index in [0.717, 1.165) is 22.3 Å². The Morgan fingerprint density at radius 1 is 1.12 bits per heavy atom. The average Bonchev–Trinajstić information content (AvgIpc) is 3.00. The van der Waals surface area contributed by atoms with Crippen LogP contribution in [0.2, 0.25) is 0 Å². The third kappa shape index (κ3) is 2.88. The summed E-state index contributed by atoms with van der Waals surface area (Å²) in [7, 11) is 1.67. The highest BCUT2D eigenvalue weighted by Crippen LogP contribution is 2.42. The molecule has 1 atom stereocenters. The second-order valence-corrected chi connectivity index (χ2v) is 7.67. The minimum atomic E-state index is 0.402. The number of fused-ring (bicyclic) bond motifs is 3. The van der Waals surface area contributed by atoms with Gasteiger partial charge in [-0.05, 0) is 46.2 Å². The van der Waals surface area contributed by atoms with Crippen molar-refractivity contribution in [2.24, 2.45) is 0 Å². The first kappa shape index (κ1) is 17.1. The van der Waals surface area contributed by atoms with Gasteiger partial charge in [0.15, 0.2) is 0 Å². The smallest absolute Gasteiger partial charge is 0.118 e. The number of halogens is 1. The van der Waals surface area contributed by atoms with E-state index in [-0.39, 0.29) is 0 Å². The summed E-state index contributed by atoms with van der Waals surface area (Å²) in [5, 5.41) is 11.2. The van der Waals surface area contributed by atoms with Crippen LogP contribution in [0.1, 0.15) is 24.0 Å². The van der Waals surface area contributed by atoms with Crippen LogP contribution in [-0.4, -0.2) is 19.5 Å². The zero-order valence-electron chi connectivity index (χ0n) is 14.9. The Hall–Kier alpha value is -2.33. The summed E-state index contributed by atoms with van der Waals surface area (Å²) >= 11 is 3.66. The van der Waals surface area contributed by atoms with Crippen molar-refractivity contribution < 1.29 is 4.74 Å². The molecule has 26 heavy (non-hydrogen) atoms. The lowest BCUT2D eigenvalue weighted by molar-refractivity contribution is 0.414. The van der Waals surface area contributed by atoms with Crippen molar-refractivity contribution in [1.82, 2.24) is 0 Å². The molecule has 0 bridgehead atoms. The second-order valence-electron chi connectivity index (χ2n) is 6.82. The van der Waals surface area contributed by atoms with Crippen molar-refractivity contribution in [3.8, 4) is 5.75 Å². The summed E-state index contributed by atoms with van der Waals surface area (Å²) in [5.41, 5.74) is 3.64. The van der Waals surface area contributed by atoms with E-state index in [0.29, 0.717) is 18.2 Å². The van der Waals surface area contributed by atoms with Gasteiger partial charge in [-0.25, -0.2) is 0 Å². The van der Waals surface area contributed by atoms with Crippen LogP contribution in [0.25, 0.3) is 10.8 Å². The van der Waals surface area contributed by atoms with Gasteiger partial charge in [0, 0.05) is 29.0 Å². The minimum Gasteiger partial charge on any atom is -0.497 e. The molecule has 1 N–H and O–H groups in total. The number of rotatable bonds is 3. The molecule has 3 nitrogen and oxygen atoms in total. The molecule has 0 saturated heterocycles. The Morgan fingerprint density at radius 2 is 1.88 bits per heavy atom. The number of ether oxygens (including phenoxy) is 1. The molecular weight excluding hydrogens is 388 g/mol. The van der Waals surface area contributed by atoms with Gasteiger partial charge in [-0.1, -0.05) is 53.2 Å². The van der Waals surface area contributed by atoms with Crippen LogP contribution in [-0.2, 0) is 6.42 Å². The molecule has 0 aliphatic carbocycles. The molecule has 132 valence electrons. The first-order valence-electron chi connectivity index (χ1n) is 8.77. The van der Waals surface area contributed by atoms with E-state index in [1.807, 2.05) is 24.3 Å². The topological polar surface area (TPSA) is 36.3 Å². The van der Waals surface area contributed by atoms with Crippen LogP contribution >= 0.6 is 15.9 Å². The number of benzene rings is 3. The minimum absolute atomic E-state index is 0.402. The van der Waals surface area contributed by atoms with Gasteiger partial charge in [-0.15, -0.1) is 0 Å². The molecule has 3 aromatic rings. The maximum atomic E-state index is 8.68. The molecule has 0 aromatic heterocycles. The molecule has 4 rings (SSSR count). The normalized spacial score (nSPS) is 16.0. The number of nitrogens with zero attached hydrogens (tertiary/aromatic N) is 1. The van der Waals surface area contributed by atoms with E-state index in [1.165, 1.54) is 22.0 Å². The van der Waals surface area contributed by atoms with Crippen LogP contribution in [0.5, 0.6) is 5.75 Å². The van der Waals surface area contributed by atoms with Crippen molar-refractivity contribution in [3.63, 3.8) is 0 Å². The zero-order chi connectivity index (χ0) is 18.3. The highest BCUT2D eigenvalue weighted by Gasteiger charge is 2.29. The van der Waals surface area contributed by atoms with Crippen molar-refractivity contribution in [1.29, 1.82) is 5.41 Å². The average molecular weight is 409 g/mol. The van der Waals surface area contributed by atoms with E-state index < -0.39 is 0 Å². The van der Waals surface area contributed by atoms with Crippen molar-refractivity contribution >= 4 is 38.2 Å². The fraction of sp³-hybridized carbons (Fsp3) is 0.227. The molecule has 1 aliphatic heterocycles. The highest BCUT2D eigenvalue weighted by molar-refractivity contribution is 9.10. The van der Waals surface area contributed by atoms with E-state index in [9.17, 15) is 0 Å². The Labute approximate surface area is 162 Å². The quantitative estimate of drug-likeness (QED) is 0.442. The highest BCUT2D eigenvalue weighted by atomic mass is 79.9. The number of nitrogens with one attached hydrogen (secondary N) is 1. The third-order valence-corrected chi connectivity index (χ3v) is 5.81. The van der Waals surface area contributed by atoms with Crippen molar-refractivity contribution in [2.75, 3.05) is 18.6 Å². The van der Waals surface area contributed by atoms with E-state index in [1.54, 1.807) is 7.11 Å². The maximum Gasteiger partial charge on any atom is 0.118 e. The lowest BCUT2D eigenvalue weighted by Gasteiger charge is -2.21. The number of hydrogen-bond donors (Lipinski definition) is 1. The van der Waals surface area contributed by atoms with Gasteiger partial charge in [0.05, 0.1) is 7.11 Å². The number of methoxy groups -OCH3 is 1. The summed E-state index contributed by atoms with van der Waals surface area (Å²) < 4.78 is 6.34. The largest absolute Gasteiger partial charge is 0.497 e. The molecule has 0 radical (unpaired) electrons. The molecule has 4 heteroatoms. The van der Waals surface area contributed by atoms with E-state index in [4.69, 9.17) is 10.1 Å². The third-order valence-electron chi connectivity index (χ3n) is 5.12. The summed E-state index contributed by atoms with van der Waals surface area (Å²) in [6, 6.07) is 18.6. The molecule has 1 heterocycles. The fourth-order valence-corrected chi connectivity index (χ4v) is 4.33. The van der Waals surface area contributed by atoms with E-state index in [2.05, 4.69) is 58.1 Å². The Bertz CT molecular complexity index is 981. The van der Waals surface area contributed by atoms with Gasteiger partial charge in [-0.3, -0.25) is 5.41 Å². The van der Waals surface area contributed by atoms with Crippen LogP contribution in [0.15, 0.2) is 59.1 Å². The number of anilines is 1. The van der Waals surface area contributed by atoms with Gasteiger partial charge >= 0.3 is 0 Å². The van der Waals surface area contributed by atoms with Crippen LogP contribution < -0.4 is 9.64 Å². The number of amidine groups is 1. The molecule has 1 aliphatic rings. The summed E-state index contributed by atoms with van der Waals surface area (Å²) in [4.78, 5) is 2.16. The van der Waals surface area contributed by atoms with Gasteiger partial charge in [-0.2, -0.15) is 0 Å². The van der Waals surface area contributed by atoms with Gasteiger partial charge in [0.2, 0.25) is 0 Å². The van der Waals surface area contributed by atoms with Crippen LogP contribution in [0, 0.1) is 5.41 Å². The lowest BCUT2D eigenvalue weighted by Crippen LogP contribution is -2.30. The van der Waals surface area contributed by atoms with Crippen LogP contribution in [0.3, 0.4) is 0 Å². The molecule has 1 unspecified atom stereocenters. The molecule has 0 saturated carbocycles. The standard InChI is InChI=1S/C22H21BrN2O/c1-14-13-25(21(24)12-15-6-8-16(26-2)9-7-15)20-11-10-17-18(22(14)20)4-3-5-19(17)23/h3-11,14,24H,12-13H2,1-2H3. The van der Waals surface area contributed by atoms with Gasteiger partial charge in [0.1, 0.15) is 11.6 Å². The molecular formula is C22H21BrN2O. The summed E-state index contributed by atoms with van der Waals surface area (Å²) in [6.07, 6.45) is 0.618. The lowest BCUT2D eigenvalue weighted by atomic mass is 9.96. The Morgan fingerprint density at radius 3 is 2.62 bits per heavy atom. The van der Waals surface area contributed by atoms with Crippen molar-refractivity contribution in [3.05, 3.63) is 70.2 Å². The first-order valence-corrected chi connectivity index (χ1v) is 9.57. The fourth-order valence-electron chi connectivity index (χ4n) is 3.84. The Kier molecular flexibility index (Phi) is 4.45. The van der Waals surface area contributed by atoms with Crippen LogP contribution in [0.4, 0.5) is 5.69 Å². The van der Waals surface area contributed by atoms with Gasteiger partial charge < -0.3 is 9.64 Å². The monoisotopic (exact) mass is 408 g/mol. The molecule has 0 spiro atoms. The predicted octanol–water partition coefficient (Wildman–Crippen LogP) is 5.75. The zero-order valence-corrected chi connectivity index (χ0v) is 16.5. The number of hydrogen-bond acceptors (Lipinski definition) is 2. The summed E-state index contributed by atoms with van der Waals surface area (Å²) in [6.45, 7) is 3.11. The maximum absolute atomic E-state index is 8.68. The van der Waals surface area contributed by atoms with E-state index >= 15 is 0 Å². The summed E-state index contributed by atoms with van der Waals surface area (Å²) in [5.74, 6) is 1.88. The first-order chi connectivity index (χ1) is 12.6. The van der Waals surface area contributed by atoms with Gasteiger partial charge in [0.25, 0.3) is 0 Å². The molecule has 0 fully saturated rings. The predicted molar refractivity (Wildman–Crippen MR) is 112 cm³/mol.